The molecule has 0 aliphatic carbocycles. The lowest BCUT2D eigenvalue weighted by atomic mass is 10.2. The third-order valence-corrected chi connectivity index (χ3v) is 5.63. The second-order valence-corrected chi connectivity index (χ2v) is 8.06. The van der Waals surface area contributed by atoms with Crippen molar-refractivity contribution in [2.24, 2.45) is 0 Å². The zero-order chi connectivity index (χ0) is 23.1. The molecule has 2 heterocycles. The number of aromatic nitrogens is 3. The van der Waals surface area contributed by atoms with Crippen LogP contribution in [0.5, 0.6) is 5.75 Å². The summed E-state index contributed by atoms with van der Waals surface area (Å²) >= 11 is 7.72. The fourth-order valence-electron chi connectivity index (χ4n) is 2.94. The Kier molecular flexibility index (Phi) is 8.03. The second-order valence-electron chi connectivity index (χ2n) is 6.60. The maximum atomic E-state index is 12.8. The Morgan fingerprint density at radius 3 is 2.78 bits per heavy atom. The highest BCUT2D eigenvalue weighted by atomic mass is 35.5. The molecule has 11 heteroatoms. The van der Waals surface area contributed by atoms with Crippen LogP contribution in [0.4, 0.5) is 18.9 Å². The first-order valence-electron chi connectivity index (χ1n) is 9.65. The van der Waals surface area contributed by atoms with Gasteiger partial charge in [-0.1, -0.05) is 23.7 Å². The average Bonchev–Trinajstić information content (AvgIpc) is 3.13. The summed E-state index contributed by atoms with van der Waals surface area (Å²) in [6, 6.07) is 9.40. The maximum Gasteiger partial charge on any atom is 0.573 e. The molecule has 0 unspecified atom stereocenters. The van der Waals surface area contributed by atoms with Gasteiger partial charge in [0, 0.05) is 30.7 Å². The molecule has 32 heavy (non-hydrogen) atoms. The summed E-state index contributed by atoms with van der Waals surface area (Å²) in [5.41, 5.74) is 1.90. The first-order valence-corrected chi connectivity index (χ1v) is 11.2. The van der Waals surface area contributed by atoms with Crippen molar-refractivity contribution in [3.05, 3.63) is 65.7 Å². The summed E-state index contributed by atoms with van der Waals surface area (Å²) in [4.78, 5) is 18.4. The second kappa shape index (κ2) is 10.7. The highest BCUT2D eigenvalue weighted by Gasteiger charge is 2.31. The van der Waals surface area contributed by atoms with Crippen LogP contribution in [0.25, 0.3) is 5.69 Å². The monoisotopic (exact) mass is 484 g/mol. The fraction of sp³-hybridized carbons (Fsp3) is 0.286. The molecule has 1 amide bonds. The molecular formula is C21H20ClF3N4O2S. The predicted molar refractivity (Wildman–Crippen MR) is 118 cm³/mol. The number of amides is 1. The Morgan fingerprint density at radius 2 is 2.09 bits per heavy atom. The Bertz CT molecular complexity index is 1050. The van der Waals surface area contributed by atoms with Gasteiger partial charge < -0.3 is 9.64 Å². The highest BCUT2D eigenvalue weighted by Crippen LogP contribution is 2.28. The van der Waals surface area contributed by atoms with Gasteiger partial charge in [-0.25, -0.2) is 4.68 Å². The van der Waals surface area contributed by atoms with Crippen LogP contribution in [0.1, 0.15) is 18.9 Å². The van der Waals surface area contributed by atoms with Crippen LogP contribution in [0.3, 0.4) is 0 Å². The lowest BCUT2D eigenvalue weighted by molar-refractivity contribution is -0.274. The van der Waals surface area contributed by atoms with E-state index in [1.807, 2.05) is 13.0 Å². The normalized spacial score (nSPS) is 11.4. The molecule has 0 atom stereocenters. The summed E-state index contributed by atoms with van der Waals surface area (Å²) in [5.74, 6) is 0.563. The molecule has 0 aliphatic rings. The molecule has 6 nitrogen and oxygen atoms in total. The van der Waals surface area contributed by atoms with Crippen molar-refractivity contribution in [2.75, 3.05) is 17.2 Å². The number of pyridine rings is 1. The smallest absolute Gasteiger partial charge is 0.406 e. The molecule has 0 radical (unpaired) electrons. The number of carbonyl (C=O) groups excluding carboxylic acids is 1. The SMILES string of the molecule is CCN(C(=O)CCSCc1cccc(OC(F)(F)F)c1)c1cn(-c2cccnc2)nc1Cl. The van der Waals surface area contributed by atoms with Gasteiger partial charge in [0.05, 0.1) is 18.1 Å². The summed E-state index contributed by atoms with van der Waals surface area (Å²) in [7, 11) is 0. The molecule has 2 aromatic heterocycles. The van der Waals surface area contributed by atoms with Crippen molar-refractivity contribution in [3.63, 3.8) is 0 Å². The van der Waals surface area contributed by atoms with Gasteiger partial charge in [0.25, 0.3) is 0 Å². The van der Waals surface area contributed by atoms with Crippen LogP contribution >= 0.6 is 23.4 Å². The van der Waals surface area contributed by atoms with E-state index in [0.29, 0.717) is 29.3 Å². The van der Waals surface area contributed by atoms with Crippen LogP contribution < -0.4 is 9.64 Å². The van der Waals surface area contributed by atoms with E-state index in [9.17, 15) is 18.0 Å². The number of ether oxygens (including phenoxy) is 1. The van der Waals surface area contributed by atoms with E-state index in [4.69, 9.17) is 11.6 Å². The highest BCUT2D eigenvalue weighted by molar-refractivity contribution is 7.98. The standard InChI is InChI=1S/C21H20ClF3N4O2S/c1-2-28(18-13-29(27-20(18)22)16-6-4-9-26-12-16)19(30)8-10-32-14-15-5-3-7-17(11-15)31-21(23,24)25/h3-7,9,11-13H,2,8,10,14H2,1H3. The molecule has 1 aromatic carbocycles. The van der Waals surface area contributed by atoms with Crippen molar-refractivity contribution in [2.45, 2.75) is 25.5 Å². The van der Waals surface area contributed by atoms with Crippen molar-refractivity contribution in [1.29, 1.82) is 0 Å². The molecule has 0 aliphatic heterocycles. The molecule has 0 spiro atoms. The topological polar surface area (TPSA) is 60.2 Å². The molecule has 0 bridgehead atoms. The van der Waals surface area contributed by atoms with E-state index < -0.39 is 6.36 Å². The van der Waals surface area contributed by atoms with Crippen LogP contribution in [0.2, 0.25) is 5.15 Å². The largest absolute Gasteiger partial charge is 0.573 e. The first-order chi connectivity index (χ1) is 15.3. The Labute approximate surface area is 192 Å². The van der Waals surface area contributed by atoms with Crippen LogP contribution in [0, 0.1) is 0 Å². The third kappa shape index (κ3) is 6.64. The lowest BCUT2D eigenvalue weighted by Crippen LogP contribution is -2.30. The number of hydrogen-bond donors (Lipinski definition) is 0. The van der Waals surface area contributed by atoms with E-state index in [-0.39, 0.29) is 23.2 Å². The Morgan fingerprint density at radius 1 is 1.28 bits per heavy atom. The number of carbonyl (C=O) groups is 1. The molecule has 0 saturated heterocycles. The molecule has 3 aromatic rings. The molecule has 0 saturated carbocycles. The number of halogens is 4. The Hall–Kier alpha value is -2.72. The van der Waals surface area contributed by atoms with Gasteiger partial charge in [-0.05, 0) is 36.8 Å². The zero-order valence-corrected chi connectivity index (χ0v) is 18.6. The number of thioether (sulfide) groups is 1. The van der Waals surface area contributed by atoms with Gasteiger partial charge >= 0.3 is 6.36 Å². The average molecular weight is 485 g/mol. The Balaban J connectivity index is 1.55. The summed E-state index contributed by atoms with van der Waals surface area (Å²) in [5, 5.41) is 4.46. The van der Waals surface area contributed by atoms with E-state index >= 15 is 0 Å². The van der Waals surface area contributed by atoms with Crippen molar-refractivity contribution < 1.29 is 22.7 Å². The molecule has 3 rings (SSSR count). The van der Waals surface area contributed by atoms with Gasteiger partial charge in [0.1, 0.15) is 11.4 Å². The number of hydrogen-bond acceptors (Lipinski definition) is 5. The summed E-state index contributed by atoms with van der Waals surface area (Å²) in [6.07, 6.45) is 0.477. The number of rotatable bonds is 9. The lowest BCUT2D eigenvalue weighted by Gasteiger charge is -2.19. The van der Waals surface area contributed by atoms with Gasteiger partial charge in [-0.15, -0.1) is 13.2 Å². The van der Waals surface area contributed by atoms with E-state index in [2.05, 4.69) is 14.8 Å². The van der Waals surface area contributed by atoms with Gasteiger partial charge in [0.2, 0.25) is 5.91 Å². The van der Waals surface area contributed by atoms with Crippen molar-refractivity contribution >= 4 is 35.0 Å². The predicted octanol–water partition coefficient (Wildman–Crippen LogP) is 5.50. The minimum atomic E-state index is -4.73. The first kappa shape index (κ1) is 23.9. The van der Waals surface area contributed by atoms with E-state index in [0.717, 1.165) is 5.69 Å². The summed E-state index contributed by atoms with van der Waals surface area (Å²) < 4.78 is 42.6. The fourth-order valence-corrected chi connectivity index (χ4v) is 4.06. The molecule has 0 fully saturated rings. The summed E-state index contributed by atoms with van der Waals surface area (Å²) in [6.45, 7) is 2.26. The quantitative estimate of drug-likeness (QED) is 0.375. The molecular weight excluding hydrogens is 465 g/mol. The number of anilines is 1. The number of benzene rings is 1. The van der Waals surface area contributed by atoms with Crippen LogP contribution in [0.15, 0.2) is 55.0 Å². The molecule has 170 valence electrons. The maximum absolute atomic E-state index is 12.8. The third-order valence-electron chi connectivity index (χ3n) is 4.33. The van der Waals surface area contributed by atoms with Crippen LogP contribution in [-0.2, 0) is 10.5 Å². The van der Waals surface area contributed by atoms with E-state index in [1.54, 1.807) is 40.3 Å². The van der Waals surface area contributed by atoms with Gasteiger partial charge in [-0.3, -0.25) is 9.78 Å². The minimum Gasteiger partial charge on any atom is -0.406 e. The minimum absolute atomic E-state index is 0.123. The number of alkyl halides is 3. The van der Waals surface area contributed by atoms with Crippen molar-refractivity contribution in [1.82, 2.24) is 14.8 Å². The van der Waals surface area contributed by atoms with E-state index in [1.165, 1.54) is 30.0 Å². The zero-order valence-electron chi connectivity index (χ0n) is 17.1. The van der Waals surface area contributed by atoms with Crippen molar-refractivity contribution in [3.8, 4) is 11.4 Å². The van der Waals surface area contributed by atoms with Gasteiger partial charge in [0.15, 0.2) is 5.15 Å². The van der Waals surface area contributed by atoms with Gasteiger partial charge in [-0.2, -0.15) is 16.9 Å². The molecule has 0 N–H and O–H groups in total. The number of nitrogens with zero attached hydrogens (tertiary/aromatic N) is 4. The van der Waals surface area contributed by atoms with Crippen LogP contribution in [-0.4, -0.2) is 39.3 Å².